The van der Waals surface area contributed by atoms with E-state index in [1.165, 1.54) is 17.0 Å². The third-order valence-corrected chi connectivity index (χ3v) is 9.40. The molecular formula is C12H16F2N5O10P3. The first kappa shape index (κ1) is 24.8. The Kier molecular flexibility index (Phi) is 6.37. The third kappa shape index (κ3) is 4.76. The molecule has 0 aliphatic heterocycles. The van der Waals surface area contributed by atoms with Crippen molar-refractivity contribution in [2.75, 3.05) is 12.3 Å². The third-order valence-electron chi connectivity index (χ3n) is 4.29. The van der Waals surface area contributed by atoms with Crippen LogP contribution in [0.2, 0.25) is 0 Å². The van der Waals surface area contributed by atoms with Gasteiger partial charge in [0.15, 0.2) is 11.2 Å². The standard InChI is InChI=1S/C12H16F2N5O10P3/c13-12(14,30(21,22)23)31(24,25)29-32(26,27)28-4-6-1-2-7(3-6)19-5-16-8-9(19)17-11(15)18-10(8)20/h3,5-6H,1-2,4H2,(H,24,25)(H,26,27)(H2,21,22,23)(H3,15,17,18,20)/t6-/m1/s1. The van der Waals surface area contributed by atoms with Gasteiger partial charge in [-0.1, -0.05) is 6.08 Å². The summed E-state index contributed by atoms with van der Waals surface area (Å²) in [4.78, 5) is 57.6. The summed E-state index contributed by atoms with van der Waals surface area (Å²) in [5, 5.41) is -5.63. The van der Waals surface area contributed by atoms with Crippen molar-refractivity contribution in [3.8, 4) is 0 Å². The SMILES string of the molecule is Nc1nc2c(ncn2C2=C[C@H](COP(=O)(O)OP(=O)(O)C(F)(F)P(=O)(O)O)CC2)c(=O)[nH]1. The Morgan fingerprint density at radius 1 is 1.28 bits per heavy atom. The summed E-state index contributed by atoms with van der Waals surface area (Å²) in [6.07, 6.45) is 3.49. The smallest absolute Gasteiger partial charge is 0.369 e. The van der Waals surface area contributed by atoms with Gasteiger partial charge in [0.05, 0.1) is 6.61 Å². The summed E-state index contributed by atoms with van der Waals surface area (Å²) in [7, 11) is -18.7. The molecular weight excluding hydrogens is 505 g/mol. The molecule has 15 nitrogen and oxygen atoms in total. The van der Waals surface area contributed by atoms with E-state index in [0.717, 1.165) is 0 Å². The van der Waals surface area contributed by atoms with Crippen molar-refractivity contribution in [1.82, 2.24) is 19.5 Å². The molecule has 1 aliphatic rings. The van der Waals surface area contributed by atoms with Crippen LogP contribution in [0.3, 0.4) is 0 Å². The lowest BCUT2D eigenvalue weighted by Gasteiger charge is -2.24. The van der Waals surface area contributed by atoms with Crippen LogP contribution in [-0.2, 0) is 22.5 Å². The number of H-pyrrole nitrogens is 1. The van der Waals surface area contributed by atoms with Crippen molar-refractivity contribution in [2.45, 2.75) is 18.2 Å². The van der Waals surface area contributed by atoms with Crippen LogP contribution >= 0.6 is 23.0 Å². The Morgan fingerprint density at radius 2 is 1.94 bits per heavy atom. The fourth-order valence-electron chi connectivity index (χ4n) is 2.81. The van der Waals surface area contributed by atoms with Gasteiger partial charge in [-0.25, -0.2) is 13.9 Å². The summed E-state index contributed by atoms with van der Waals surface area (Å²) >= 11 is 0. The number of aromatic amines is 1. The molecule has 2 aromatic rings. The van der Waals surface area contributed by atoms with E-state index in [9.17, 15) is 32.2 Å². The molecule has 2 heterocycles. The predicted molar refractivity (Wildman–Crippen MR) is 103 cm³/mol. The fourth-order valence-corrected chi connectivity index (χ4v) is 6.53. The van der Waals surface area contributed by atoms with Crippen LogP contribution in [0.25, 0.3) is 16.9 Å². The molecule has 0 saturated heterocycles. The Morgan fingerprint density at radius 3 is 2.56 bits per heavy atom. The van der Waals surface area contributed by atoms with Crippen LogP contribution in [0.1, 0.15) is 12.8 Å². The zero-order chi connectivity index (χ0) is 24.1. The van der Waals surface area contributed by atoms with Gasteiger partial charge in [-0.2, -0.15) is 13.8 Å². The minimum Gasteiger partial charge on any atom is -0.369 e. The molecule has 0 fully saturated rings. The van der Waals surface area contributed by atoms with E-state index < -0.39 is 46.5 Å². The minimum absolute atomic E-state index is 0.0118. The molecule has 178 valence electrons. The number of nitrogen functional groups attached to an aromatic ring is 1. The van der Waals surface area contributed by atoms with Gasteiger partial charge in [0.1, 0.15) is 6.33 Å². The Bertz CT molecular complexity index is 1290. The van der Waals surface area contributed by atoms with E-state index in [2.05, 4.69) is 23.8 Å². The average molecular weight is 521 g/mol. The van der Waals surface area contributed by atoms with Crippen LogP contribution in [0.4, 0.5) is 14.7 Å². The number of aromatic nitrogens is 4. The molecule has 2 aromatic heterocycles. The summed E-state index contributed by atoms with van der Waals surface area (Å²) in [6.45, 7) is -0.637. The van der Waals surface area contributed by atoms with Gasteiger partial charge in [0.2, 0.25) is 5.95 Å². The number of hydrogen-bond donors (Lipinski definition) is 6. The molecule has 3 rings (SSSR count). The zero-order valence-corrected chi connectivity index (χ0v) is 18.3. The molecule has 2 unspecified atom stereocenters. The number of phosphoric ester groups is 1. The topological polar surface area (TPSA) is 240 Å². The molecule has 0 spiro atoms. The second-order valence-corrected chi connectivity index (χ2v) is 12.1. The minimum atomic E-state index is -6.60. The quantitative estimate of drug-likeness (QED) is 0.266. The van der Waals surface area contributed by atoms with Gasteiger partial charge in [0, 0.05) is 11.6 Å². The van der Waals surface area contributed by atoms with Gasteiger partial charge < -0.3 is 25.3 Å². The number of rotatable bonds is 8. The Labute approximate surface area is 176 Å². The van der Waals surface area contributed by atoms with Crippen molar-refractivity contribution in [1.29, 1.82) is 0 Å². The molecule has 3 atom stereocenters. The van der Waals surface area contributed by atoms with E-state index in [1.807, 2.05) is 0 Å². The van der Waals surface area contributed by atoms with Crippen LogP contribution < -0.4 is 11.3 Å². The average Bonchev–Trinajstić information content (AvgIpc) is 3.24. The molecule has 0 radical (unpaired) electrons. The maximum Gasteiger partial charge on any atom is 0.479 e. The summed E-state index contributed by atoms with van der Waals surface area (Å²) in [5.41, 5.74) is 5.66. The highest BCUT2D eigenvalue weighted by molar-refractivity contribution is 7.75. The lowest BCUT2D eigenvalue weighted by Crippen LogP contribution is -2.18. The number of halogens is 2. The number of fused-ring (bicyclic) bond motifs is 1. The van der Waals surface area contributed by atoms with Gasteiger partial charge >= 0.3 is 28.4 Å². The molecule has 32 heavy (non-hydrogen) atoms. The number of imidazole rings is 1. The number of anilines is 1. The lowest BCUT2D eigenvalue weighted by molar-refractivity contribution is 0.0989. The van der Waals surface area contributed by atoms with Crippen LogP contribution in [0.15, 0.2) is 17.2 Å². The first-order valence-corrected chi connectivity index (χ1v) is 13.1. The Hall–Kier alpha value is -1.80. The first-order chi connectivity index (χ1) is 14.5. The van der Waals surface area contributed by atoms with Gasteiger partial charge in [-0.3, -0.25) is 28.0 Å². The monoisotopic (exact) mass is 521 g/mol. The Balaban J connectivity index is 1.72. The number of nitrogens with zero attached hydrogens (tertiary/aromatic N) is 3. The van der Waals surface area contributed by atoms with Crippen molar-refractivity contribution in [2.24, 2.45) is 5.92 Å². The van der Waals surface area contributed by atoms with E-state index in [1.54, 1.807) is 0 Å². The van der Waals surface area contributed by atoms with Crippen LogP contribution in [0.5, 0.6) is 0 Å². The van der Waals surface area contributed by atoms with Crippen LogP contribution in [0, 0.1) is 5.92 Å². The van der Waals surface area contributed by atoms with E-state index >= 15 is 0 Å². The van der Waals surface area contributed by atoms with Gasteiger partial charge in [-0.05, 0) is 12.8 Å². The second-order valence-electron chi connectivity index (χ2n) is 6.61. The molecule has 0 aromatic carbocycles. The molecule has 0 saturated carbocycles. The van der Waals surface area contributed by atoms with Crippen molar-refractivity contribution in [3.63, 3.8) is 0 Å². The maximum absolute atomic E-state index is 13.4. The molecule has 20 heteroatoms. The summed E-state index contributed by atoms with van der Waals surface area (Å²) in [5.74, 6) is -0.757. The maximum atomic E-state index is 13.4. The summed E-state index contributed by atoms with van der Waals surface area (Å²) < 4.78 is 70.3. The fraction of sp³-hybridized carbons (Fsp3) is 0.417. The van der Waals surface area contributed by atoms with Crippen LogP contribution in [-0.4, -0.2) is 51.1 Å². The van der Waals surface area contributed by atoms with E-state index in [4.69, 9.17) is 20.4 Å². The predicted octanol–water partition coefficient (Wildman–Crippen LogP) is 1.000. The number of nitrogens with two attached hydrogens (primary N) is 1. The zero-order valence-electron chi connectivity index (χ0n) is 15.6. The summed E-state index contributed by atoms with van der Waals surface area (Å²) in [6, 6.07) is 0. The highest BCUT2D eigenvalue weighted by Gasteiger charge is 2.67. The van der Waals surface area contributed by atoms with Crippen molar-refractivity contribution < 1.29 is 50.9 Å². The largest absolute Gasteiger partial charge is 0.479 e. The highest BCUT2D eigenvalue weighted by Crippen LogP contribution is 2.77. The van der Waals surface area contributed by atoms with Crippen molar-refractivity contribution >= 4 is 45.8 Å². The first-order valence-electron chi connectivity index (χ1n) is 8.43. The lowest BCUT2D eigenvalue weighted by atomic mass is 10.1. The second kappa shape index (κ2) is 8.20. The molecule has 0 amide bonds. The highest BCUT2D eigenvalue weighted by atomic mass is 31.3. The number of phosphoric acid groups is 1. The molecule has 1 aliphatic carbocycles. The number of allylic oxidation sites excluding steroid dienone is 1. The van der Waals surface area contributed by atoms with E-state index in [-0.39, 0.29) is 17.1 Å². The molecule has 0 bridgehead atoms. The van der Waals surface area contributed by atoms with Crippen molar-refractivity contribution in [3.05, 3.63) is 22.8 Å². The number of alkyl halides is 2. The van der Waals surface area contributed by atoms with Gasteiger partial charge in [-0.15, -0.1) is 0 Å². The number of hydrogen-bond acceptors (Lipinski definition) is 9. The van der Waals surface area contributed by atoms with E-state index in [0.29, 0.717) is 18.5 Å². The number of nitrogens with one attached hydrogen (secondary N) is 1. The van der Waals surface area contributed by atoms with Gasteiger partial charge in [0.25, 0.3) is 5.56 Å². The molecule has 7 N–H and O–H groups in total. The normalized spacial score (nSPS) is 21.3.